The van der Waals surface area contributed by atoms with Gasteiger partial charge < -0.3 is 4.52 Å². The Bertz CT molecular complexity index is 612. The van der Waals surface area contributed by atoms with Gasteiger partial charge in [-0.15, -0.1) is 0 Å². The molecule has 0 N–H and O–H groups in total. The van der Waals surface area contributed by atoms with Gasteiger partial charge in [0, 0.05) is 18.2 Å². The second-order valence-electron chi connectivity index (χ2n) is 5.23. The molecule has 3 rings (SSSR count). The van der Waals surface area contributed by atoms with E-state index in [-0.39, 0.29) is 11.9 Å². The molecule has 1 aliphatic rings. The first-order chi connectivity index (χ1) is 9.63. The van der Waals surface area contributed by atoms with Gasteiger partial charge in [0.05, 0.1) is 11.7 Å². The third kappa shape index (κ3) is 2.58. The summed E-state index contributed by atoms with van der Waals surface area (Å²) in [7, 11) is 0. The standard InChI is InChI=1S/C15H16F2N2O/c1-10-7-15(20-18-10)14-3-2-6-19(14)9-11-8-12(16)4-5-13(11)17/h4-5,7-8,14H,2-3,6,9H2,1H3. The van der Waals surface area contributed by atoms with Crippen molar-refractivity contribution < 1.29 is 13.3 Å². The van der Waals surface area contributed by atoms with Crippen LogP contribution < -0.4 is 0 Å². The average molecular weight is 278 g/mol. The van der Waals surface area contributed by atoms with E-state index in [9.17, 15) is 8.78 Å². The van der Waals surface area contributed by atoms with Gasteiger partial charge in [0.15, 0.2) is 5.76 Å². The van der Waals surface area contributed by atoms with Crippen LogP contribution in [0.3, 0.4) is 0 Å². The lowest BCUT2D eigenvalue weighted by Gasteiger charge is -2.22. The summed E-state index contributed by atoms with van der Waals surface area (Å²) in [5, 5.41) is 3.90. The van der Waals surface area contributed by atoms with Gasteiger partial charge in [0.25, 0.3) is 0 Å². The maximum atomic E-state index is 13.7. The van der Waals surface area contributed by atoms with Crippen LogP contribution in [0.25, 0.3) is 0 Å². The summed E-state index contributed by atoms with van der Waals surface area (Å²) in [6.45, 7) is 3.10. The lowest BCUT2D eigenvalue weighted by molar-refractivity contribution is 0.204. The zero-order valence-electron chi connectivity index (χ0n) is 11.3. The topological polar surface area (TPSA) is 29.3 Å². The van der Waals surface area contributed by atoms with E-state index < -0.39 is 5.82 Å². The second kappa shape index (κ2) is 5.32. The third-order valence-corrected chi connectivity index (χ3v) is 3.72. The van der Waals surface area contributed by atoms with Gasteiger partial charge in [-0.1, -0.05) is 5.16 Å². The van der Waals surface area contributed by atoms with Gasteiger partial charge in [-0.2, -0.15) is 0 Å². The number of aryl methyl sites for hydroxylation is 1. The Labute approximate surface area is 116 Å². The van der Waals surface area contributed by atoms with Crippen molar-refractivity contribution in [1.29, 1.82) is 0 Å². The minimum absolute atomic E-state index is 0.0962. The fourth-order valence-electron chi connectivity index (χ4n) is 2.76. The molecule has 1 atom stereocenters. The molecule has 1 unspecified atom stereocenters. The molecule has 0 spiro atoms. The Hall–Kier alpha value is -1.75. The minimum atomic E-state index is -0.410. The second-order valence-corrected chi connectivity index (χ2v) is 5.23. The third-order valence-electron chi connectivity index (χ3n) is 3.72. The molecule has 0 bridgehead atoms. The molecule has 3 nitrogen and oxygen atoms in total. The van der Waals surface area contributed by atoms with Gasteiger partial charge in [0.1, 0.15) is 11.6 Å². The van der Waals surface area contributed by atoms with Crippen molar-refractivity contribution in [2.75, 3.05) is 6.54 Å². The Morgan fingerprint density at radius 1 is 1.35 bits per heavy atom. The number of aromatic nitrogens is 1. The highest BCUT2D eigenvalue weighted by Gasteiger charge is 2.29. The molecular formula is C15H16F2N2O. The van der Waals surface area contributed by atoms with Crippen LogP contribution in [0, 0.1) is 18.6 Å². The monoisotopic (exact) mass is 278 g/mol. The number of halogens is 2. The van der Waals surface area contributed by atoms with Crippen molar-refractivity contribution in [2.24, 2.45) is 0 Å². The van der Waals surface area contributed by atoms with Crippen LogP contribution in [0.5, 0.6) is 0 Å². The molecule has 106 valence electrons. The number of hydrogen-bond donors (Lipinski definition) is 0. The van der Waals surface area contributed by atoms with Gasteiger partial charge in [-0.25, -0.2) is 8.78 Å². The summed E-state index contributed by atoms with van der Waals surface area (Å²) in [6.07, 6.45) is 1.97. The SMILES string of the molecule is Cc1cc(C2CCCN2Cc2cc(F)ccc2F)on1. The lowest BCUT2D eigenvalue weighted by atomic mass is 10.1. The number of hydrogen-bond acceptors (Lipinski definition) is 3. The van der Waals surface area contributed by atoms with E-state index in [1.165, 1.54) is 12.1 Å². The van der Waals surface area contributed by atoms with Gasteiger partial charge >= 0.3 is 0 Å². The summed E-state index contributed by atoms with van der Waals surface area (Å²) in [6, 6.07) is 5.58. The Balaban J connectivity index is 1.81. The molecular weight excluding hydrogens is 262 g/mol. The summed E-state index contributed by atoms with van der Waals surface area (Å²) in [5.74, 6) is 0.0234. The Morgan fingerprint density at radius 3 is 2.95 bits per heavy atom. The highest BCUT2D eigenvalue weighted by Crippen LogP contribution is 2.33. The van der Waals surface area contributed by atoms with Crippen molar-refractivity contribution in [3.8, 4) is 0 Å². The molecule has 1 saturated heterocycles. The Kier molecular flexibility index (Phi) is 3.53. The predicted molar refractivity (Wildman–Crippen MR) is 70.0 cm³/mol. The van der Waals surface area contributed by atoms with Crippen molar-refractivity contribution in [3.05, 3.63) is 52.9 Å². The van der Waals surface area contributed by atoms with Gasteiger partial charge in [0.2, 0.25) is 0 Å². The van der Waals surface area contributed by atoms with E-state index in [0.717, 1.165) is 36.9 Å². The van der Waals surface area contributed by atoms with Crippen LogP contribution in [0.15, 0.2) is 28.8 Å². The maximum Gasteiger partial charge on any atom is 0.154 e. The van der Waals surface area contributed by atoms with Crippen LogP contribution in [0.2, 0.25) is 0 Å². The molecule has 0 amide bonds. The lowest BCUT2D eigenvalue weighted by Crippen LogP contribution is -2.23. The molecule has 1 fully saturated rings. The van der Waals surface area contributed by atoms with Crippen LogP contribution in [-0.4, -0.2) is 16.6 Å². The quantitative estimate of drug-likeness (QED) is 0.859. The first kappa shape index (κ1) is 13.2. The van der Waals surface area contributed by atoms with E-state index >= 15 is 0 Å². The van der Waals surface area contributed by atoms with Crippen LogP contribution >= 0.6 is 0 Å². The molecule has 1 aliphatic heterocycles. The van der Waals surface area contributed by atoms with Crippen LogP contribution in [0.1, 0.15) is 35.9 Å². The average Bonchev–Trinajstić information content (AvgIpc) is 3.02. The molecule has 5 heteroatoms. The molecule has 20 heavy (non-hydrogen) atoms. The summed E-state index contributed by atoms with van der Waals surface area (Å²) >= 11 is 0. The van der Waals surface area contributed by atoms with Crippen molar-refractivity contribution in [1.82, 2.24) is 10.1 Å². The van der Waals surface area contributed by atoms with E-state index in [2.05, 4.69) is 10.1 Å². The zero-order chi connectivity index (χ0) is 14.1. The largest absolute Gasteiger partial charge is 0.359 e. The molecule has 2 heterocycles. The van der Waals surface area contributed by atoms with Gasteiger partial charge in [-0.05, 0) is 44.5 Å². The molecule has 0 aliphatic carbocycles. The first-order valence-corrected chi connectivity index (χ1v) is 6.74. The van der Waals surface area contributed by atoms with E-state index in [1.807, 2.05) is 13.0 Å². The number of rotatable bonds is 3. The fourth-order valence-corrected chi connectivity index (χ4v) is 2.76. The molecule has 0 radical (unpaired) electrons. The highest BCUT2D eigenvalue weighted by atomic mass is 19.1. The smallest absolute Gasteiger partial charge is 0.154 e. The van der Waals surface area contributed by atoms with Crippen molar-refractivity contribution in [3.63, 3.8) is 0 Å². The number of benzene rings is 1. The molecule has 2 aromatic rings. The number of nitrogens with zero attached hydrogens (tertiary/aromatic N) is 2. The molecule has 1 aromatic carbocycles. The Morgan fingerprint density at radius 2 is 2.20 bits per heavy atom. The van der Waals surface area contributed by atoms with Crippen LogP contribution in [0.4, 0.5) is 8.78 Å². The summed E-state index contributed by atoms with van der Waals surface area (Å²) < 4.78 is 32.3. The molecule has 1 aromatic heterocycles. The first-order valence-electron chi connectivity index (χ1n) is 6.74. The number of likely N-dealkylation sites (tertiary alicyclic amines) is 1. The molecule has 0 saturated carbocycles. The van der Waals surface area contributed by atoms with E-state index in [0.29, 0.717) is 12.1 Å². The normalized spacial score (nSPS) is 19.6. The summed E-state index contributed by atoms with van der Waals surface area (Å²) in [4.78, 5) is 2.11. The summed E-state index contributed by atoms with van der Waals surface area (Å²) in [5.41, 5.74) is 1.22. The zero-order valence-corrected chi connectivity index (χ0v) is 11.3. The fraction of sp³-hybridized carbons (Fsp3) is 0.400. The maximum absolute atomic E-state index is 13.7. The van der Waals surface area contributed by atoms with Gasteiger partial charge in [-0.3, -0.25) is 4.90 Å². The highest BCUT2D eigenvalue weighted by molar-refractivity contribution is 5.19. The van der Waals surface area contributed by atoms with E-state index in [4.69, 9.17) is 4.52 Å². The van der Waals surface area contributed by atoms with Crippen LogP contribution in [-0.2, 0) is 6.54 Å². The van der Waals surface area contributed by atoms with Crippen molar-refractivity contribution in [2.45, 2.75) is 32.4 Å². The van der Waals surface area contributed by atoms with E-state index in [1.54, 1.807) is 0 Å². The predicted octanol–water partition coefficient (Wildman–Crippen LogP) is 3.60. The van der Waals surface area contributed by atoms with Crippen molar-refractivity contribution >= 4 is 0 Å². The minimum Gasteiger partial charge on any atom is -0.359 e.